The van der Waals surface area contributed by atoms with E-state index in [2.05, 4.69) is 32.4 Å². The normalized spacial score (nSPS) is 13.0. The largest absolute Gasteiger partial charge is 0.484 e. The highest BCUT2D eigenvalue weighted by atomic mass is 35.5. The molecule has 24 heavy (non-hydrogen) atoms. The van der Waals surface area contributed by atoms with Crippen molar-refractivity contribution < 1.29 is 4.74 Å². The first kappa shape index (κ1) is 17.0. The van der Waals surface area contributed by atoms with Crippen molar-refractivity contribution in [2.45, 2.75) is 19.8 Å². The summed E-state index contributed by atoms with van der Waals surface area (Å²) in [6.45, 7) is 3.32. The number of anilines is 1. The molecule has 0 unspecified atom stereocenters. The number of benzene rings is 1. The van der Waals surface area contributed by atoms with Crippen molar-refractivity contribution in [2.75, 3.05) is 24.7 Å². The van der Waals surface area contributed by atoms with Gasteiger partial charge < -0.3 is 10.1 Å². The first-order valence-corrected chi connectivity index (χ1v) is 9.42. The SMILES string of the molecule is CCc1ncnc(NCCc2ccc3c(c2)N=C(SC)CO3)c1Cl. The van der Waals surface area contributed by atoms with E-state index in [0.717, 1.165) is 41.6 Å². The molecule has 0 atom stereocenters. The second-order valence-electron chi connectivity index (χ2n) is 5.31. The van der Waals surface area contributed by atoms with Crippen molar-refractivity contribution >= 4 is 39.9 Å². The van der Waals surface area contributed by atoms with Crippen LogP contribution in [0.2, 0.25) is 5.02 Å². The van der Waals surface area contributed by atoms with Gasteiger partial charge in [0.1, 0.15) is 40.3 Å². The molecule has 0 bridgehead atoms. The minimum Gasteiger partial charge on any atom is -0.484 e. The molecule has 1 aliphatic heterocycles. The van der Waals surface area contributed by atoms with Gasteiger partial charge in [-0.25, -0.2) is 15.0 Å². The molecule has 0 saturated heterocycles. The van der Waals surface area contributed by atoms with Gasteiger partial charge in [0, 0.05) is 6.54 Å². The van der Waals surface area contributed by atoms with Crippen molar-refractivity contribution in [3.05, 3.63) is 40.8 Å². The van der Waals surface area contributed by atoms with Gasteiger partial charge in [-0.05, 0) is 36.8 Å². The zero-order valence-electron chi connectivity index (χ0n) is 13.7. The molecule has 0 amide bonds. The molecule has 1 N–H and O–H groups in total. The van der Waals surface area contributed by atoms with E-state index in [0.29, 0.717) is 17.4 Å². The number of halogens is 1. The van der Waals surface area contributed by atoms with Crippen LogP contribution in [0.1, 0.15) is 18.2 Å². The Kier molecular flexibility index (Phi) is 5.58. The number of thioether (sulfide) groups is 1. The van der Waals surface area contributed by atoms with Crippen LogP contribution in [0.4, 0.5) is 11.5 Å². The van der Waals surface area contributed by atoms with Crippen LogP contribution in [0.15, 0.2) is 29.5 Å². The molecular formula is C17H19ClN4OS. The van der Waals surface area contributed by atoms with E-state index in [-0.39, 0.29) is 0 Å². The fourth-order valence-corrected chi connectivity index (χ4v) is 3.10. The maximum atomic E-state index is 6.29. The second-order valence-corrected chi connectivity index (χ2v) is 6.57. The van der Waals surface area contributed by atoms with Crippen LogP contribution in [0.5, 0.6) is 5.75 Å². The van der Waals surface area contributed by atoms with Crippen LogP contribution in [0, 0.1) is 0 Å². The molecule has 0 fully saturated rings. The molecule has 5 nitrogen and oxygen atoms in total. The Hall–Kier alpha value is -1.79. The Morgan fingerprint density at radius 3 is 3.00 bits per heavy atom. The van der Waals surface area contributed by atoms with E-state index >= 15 is 0 Å². The summed E-state index contributed by atoms with van der Waals surface area (Å²) in [4.78, 5) is 13.0. The fourth-order valence-electron chi connectivity index (χ4n) is 2.44. The molecular weight excluding hydrogens is 344 g/mol. The first-order valence-electron chi connectivity index (χ1n) is 7.81. The second kappa shape index (κ2) is 7.85. The molecule has 0 aliphatic carbocycles. The maximum absolute atomic E-state index is 6.29. The summed E-state index contributed by atoms with van der Waals surface area (Å²) in [7, 11) is 0. The van der Waals surface area contributed by atoms with Crippen LogP contribution in [0.3, 0.4) is 0 Å². The summed E-state index contributed by atoms with van der Waals surface area (Å²) in [6.07, 6.45) is 5.19. The van der Waals surface area contributed by atoms with Gasteiger partial charge in [0.15, 0.2) is 0 Å². The topological polar surface area (TPSA) is 59.4 Å². The van der Waals surface area contributed by atoms with E-state index in [1.165, 1.54) is 5.56 Å². The number of hydrogen-bond acceptors (Lipinski definition) is 6. The lowest BCUT2D eigenvalue weighted by atomic mass is 10.1. The summed E-state index contributed by atoms with van der Waals surface area (Å²) >= 11 is 7.91. The summed E-state index contributed by atoms with van der Waals surface area (Å²) in [6, 6.07) is 6.13. The average Bonchev–Trinajstić information content (AvgIpc) is 2.62. The average molecular weight is 363 g/mol. The number of rotatable bonds is 5. The van der Waals surface area contributed by atoms with Gasteiger partial charge in [0.2, 0.25) is 0 Å². The first-order chi connectivity index (χ1) is 11.7. The lowest BCUT2D eigenvalue weighted by Gasteiger charge is -2.16. The standard InChI is InChI=1S/C17H19ClN4OS/c1-3-12-16(18)17(21-10-20-12)19-7-6-11-4-5-14-13(8-11)22-15(24-2)9-23-14/h4-5,8,10H,3,6-7,9H2,1-2H3,(H,19,20,21). The predicted octanol–water partition coefficient (Wildman–Crippen LogP) is 4.13. The van der Waals surface area contributed by atoms with Crippen LogP contribution >= 0.6 is 23.4 Å². The third-order valence-electron chi connectivity index (χ3n) is 3.76. The predicted molar refractivity (Wildman–Crippen MR) is 101 cm³/mol. The lowest BCUT2D eigenvalue weighted by molar-refractivity contribution is 0.375. The lowest BCUT2D eigenvalue weighted by Crippen LogP contribution is -2.12. The van der Waals surface area contributed by atoms with Gasteiger partial charge in [0.25, 0.3) is 0 Å². The number of nitrogens with one attached hydrogen (secondary N) is 1. The number of aromatic nitrogens is 2. The Morgan fingerprint density at radius 2 is 2.21 bits per heavy atom. The zero-order chi connectivity index (χ0) is 16.9. The number of fused-ring (bicyclic) bond motifs is 1. The Labute approximate surface area is 150 Å². The Morgan fingerprint density at radius 1 is 1.33 bits per heavy atom. The smallest absolute Gasteiger partial charge is 0.148 e. The third-order valence-corrected chi connectivity index (χ3v) is 4.84. The van der Waals surface area contributed by atoms with Crippen molar-refractivity contribution in [3.63, 3.8) is 0 Å². The van der Waals surface area contributed by atoms with Crippen LogP contribution < -0.4 is 10.1 Å². The molecule has 1 aliphatic rings. The van der Waals surface area contributed by atoms with Crippen molar-refractivity contribution in [1.82, 2.24) is 9.97 Å². The number of nitrogens with zero attached hydrogens (tertiary/aromatic N) is 3. The zero-order valence-corrected chi connectivity index (χ0v) is 15.2. The number of hydrogen-bond donors (Lipinski definition) is 1. The molecule has 126 valence electrons. The van der Waals surface area contributed by atoms with Crippen LogP contribution in [-0.2, 0) is 12.8 Å². The highest BCUT2D eigenvalue weighted by molar-refractivity contribution is 8.13. The molecule has 2 heterocycles. The molecule has 0 saturated carbocycles. The number of ether oxygens (including phenoxy) is 1. The van der Waals surface area contributed by atoms with E-state index in [9.17, 15) is 0 Å². The third kappa shape index (κ3) is 3.82. The van der Waals surface area contributed by atoms with E-state index < -0.39 is 0 Å². The molecule has 3 rings (SSSR count). The molecule has 2 aromatic rings. The van der Waals surface area contributed by atoms with Gasteiger partial charge in [-0.15, -0.1) is 11.8 Å². The van der Waals surface area contributed by atoms with Crippen LogP contribution in [0.25, 0.3) is 0 Å². The minimum atomic E-state index is 0.557. The summed E-state index contributed by atoms with van der Waals surface area (Å²) in [5.74, 6) is 1.53. The van der Waals surface area contributed by atoms with Gasteiger partial charge in [-0.2, -0.15) is 0 Å². The monoisotopic (exact) mass is 362 g/mol. The highest BCUT2D eigenvalue weighted by Crippen LogP contribution is 2.33. The van der Waals surface area contributed by atoms with Crippen LogP contribution in [-0.4, -0.2) is 34.4 Å². The molecule has 7 heteroatoms. The van der Waals surface area contributed by atoms with Gasteiger partial charge in [-0.1, -0.05) is 24.6 Å². The highest BCUT2D eigenvalue weighted by Gasteiger charge is 2.13. The van der Waals surface area contributed by atoms with Gasteiger partial charge >= 0.3 is 0 Å². The van der Waals surface area contributed by atoms with Gasteiger partial charge in [0.05, 0.1) is 5.69 Å². The fraction of sp³-hybridized carbons (Fsp3) is 0.353. The van der Waals surface area contributed by atoms with E-state index in [4.69, 9.17) is 16.3 Å². The number of aryl methyl sites for hydroxylation is 1. The molecule has 0 radical (unpaired) electrons. The Bertz CT molecular complexity index is 766. The molecule has 0 spiro atoms. The van der Waals surface area contributed by atoms with Crippen molar-refractivity contribution in [1.29, 1.82) is 0 Å². The minimum absolute atomic E-state index is 0.557. The number of aliphatic imine (C=N–C) groups is 1. The molecule has 1 aromatic carbocycles. The quantitative estimate of drug-likeness (QED) is 0.866. The summed E-state index contributed by atoms with van der Waals surface area (Å²) in [5.41, 5.74) is 2.95. The summed E-state index contributed by atoms with van der Waals surface area (Å²) < 4.78 is 5.70. The maximum Gasteiger partial charge on any atom is 0.148 e. The van der Waals surface area contributed by atoms with Crippen molar-refractivity contribution in [3.8, 4) is 5.75 Å². The van der Waals surface area contributed by atoms with Gasteiger partial charge in [-0.3, -0.25) is 0 Å². The summed E-state index contributed by atoms with van der Waals surface area (Å²) in [5, 5.41) is 4.88. The molecule has 1 aromatic heterocycles. The van der Waals surface area contributed by atoms with E-state index in [1.54, 1.807) is 18.1 Å². The van der Waals surface area contributed by atoms with Crippen molar-refractivity contribution in [2.24, 2.45) is 4.99 Å². The Balaban J connectivity index is 1.65. The van der Waals surface area contributed by atoms with E-state index in [1.807, 2.05) is 19.2 Å².